The standard InChI is InChI=1S/C15H11BrN2O3/c1-21-15(20)12-4-2-3-10(13(12)7-17)8-18-9-11(16)5-6-14(18)19/h2-6,9H,8H2,1H3. The average Bonchev–Trinajstić information content (AvgIpc) is 2.49. The van der Waals surface area contributed by atoms with Crippen molar-refractivity contribution in [2.75, 3.05) is 7.11 Å². The number of rotatable bonds is 3. The Morgan fingerprint density at radius 1 is 1.38 bits per heavy atom. The van der Waals surface area contributed by atoms with Gasteiger partial charge in [0.25, 0.3) is 5.56 Å². The fourth-order valence-corrected chi connectivity index (χ4v) is 2.33. The van der Waals surface area contributed by atoms with Crippen molar-refractivity contribution in [2.24, 2.45) is 0 Å². The van der Waals surface area contributed by atoms with Crippen LogP contribution in [0.4, 0.5) is 0 Å². The highest BCUT2D eigenvalue weighted by Crippen LogP contribution is 2.16. The van der Waals surface area contributed by atoms with Gasteiger partial charge in [0, 0.05) is 16.7 Å². The minimum atomic E-state index is -0.574. The summed E-state index contributed by atoms with van der Waals surface area (Å²) in [7, 11) is 1.26. The van der Waals surface area contributed by atoms with Gasteiger partial charge in [-0.25, -0.2) is 4.79 Å². The van der Waals surface area contributed by atoms with Crippen molar-refractivity contribution in [2.45, 2.75) is 6.54 Å². The lowest BCUT2D eigenvalue weighted by molar-refractivity contribution is 0.0600. The minimum absolute atomic E-state index is 0.189. The van der Waals surface area contributed by atoms with E-state index in [0.717, 1.165) is 4.47 Å². The van der Waals surface area contributed by atoms with Crippen molar-refractivity contribution in [3.8, 4) is 6.07 Å². The Balaban J connectivity index is 2.50. The minimum Gasteiger partial charge on any atom is -0.465 e. The van der Waals surface area contributed by atoms with Crippen LogP contribution in [0.15, 0.2) is 45.8 Å². The van der Waals surface area contributed by atoms with E-state index in [9.17, 15) is 14.9 Å². The molecule has 0 N–H and O–H groups in total. The average molecular weight is 347 g/mol. The molecule has 1 aromatic heterocycles. The summed E-state index contributed by atoms with van der Waals surface area (Å²) < 4.78 is 6.87. The summed E-state index contributed by atoms with van der Waals surface area (Å²) in [6.07, 6.45) is 1.63. The highest BCUT2D eigenvalue weighted by atomic mass is 79.9. The van der Waals surface area contributed by atoms with Gasteiger partial charge in [0.1, 0.15) is 6.07 Å². The van der Waals surface area contributed by atoms with E-state index < -0.39 is 5.97 Å². The molecule has 1 heterocycles. The fourth-order valence-electron chi connectivity index (χ4n) is 1.95. The highest BCUT2D eigenvalue weighted by molar-refractivity contribution is 9.10. The summed E-state index contributed by atoms with van der Waals surface area (Å²) in [6.45, 7) is 0.200. The third-order valence-corrected chi connectivity index (χ3v) is 3.43. The molecule has 0 unspecified atom stereocenters. The second-order valence-electron chi connectivity index (χ2n) is 4.26. The van der Waals surface area contributed by atoms with Crippen molar-refractivity contribution < 1.29 is 9.53 Å². The number of pyridine rings is 1. The molecule has 6 heteroatoms. The van der Waals surface area contributed by atoms with Crippen molar-refractivity contribution in [1.82, 2.24) is 4.57 Å². The van der Waals surface area contributed by atoms with Crippen LogP contribution in [0.5, 0.6) is 0 Å². The summed E-state index contributed by atoms with van der Waals surface area (Å²) in [5.41, 5.74) is 0.808. The smallest absolute Gasteiger partial charge is 0.339 e. The highest BCUT2D eigenvalue weighted by Gasteiger charge is 2.15. The van der Waals surface area contributed by atoms with Gasteiger partial charge >= 0.3 is 5.97 Å². The van der Waals surface area contributed by atoms with Crippen molar-refractivity contribution in [3.63, 3.8) is 0 Å². The molecule has 0 fully saturated rings. The zero-order valence-corrected chi connectivity index (χ0v) is 12.8. The predicted molar refractivity (Wildman–Crippen MR) is 80.0 cm³/mol. The molecule has 21 heavy (non-hydrogen) atoms. The van der Waals surface area contributed by atoms with Gasteiger partial charge in [0.05, 0.1) is 24.8 Å². The lowest BCUT2D eigenvalue weighted by atomic mass is 10.0. The molecule has 0 amide bonds. The van der Waals surface area contributed by atoms with Crippen LogP contribution in [0.2, 0.25) is 0 Å². The third-order valence-electron chi connectivity index (χ3n) is 2.96. The number of ether oxygens (including phenoxy) is 1. The number of halogens is 1. The Morgan fingerprint density at radius 3 is 2.81 bits per heavy atom. The number of benzene rings is 1. The number of carbonyl (C=O) groups excluding carboxylic acids is 1. The van der Waals surface area contributed by atoms with E-state index in [-0.39, 0.29) is 23.2 Å². The van der Waals surface area contributed by atoms with Gasteiger partial charge < -0.3 is 9.30 Å². The van der Waals surface area contributed by atoms with E-state index >= 15 is 0 Å². The quantitative estimate of drug-likeness (QED) is 0.799. The topological polar surface area (TPSA) is 72.1 Å². The largest absolute Gasteiger partial charge is 0.465 e. The SMILES string of the molecule is COC(=O)c1cccc(Cn2cc(Br)ccc2=O)c1C#N. The number of esters is 1. The van der Waals surface area contributed by atoms with Gasteiger partial charge in [-0.2, -0.15) is 5.26 Å². The zero-order valence-electron chi connectivity index (χ0n) is 11.2. The van der Waals surface area contributed by atoms with E-state index in [1.807, 2.05) is 6.07 Å². The molecule has 0 bridgehead atoms. The monoisotopic (exact) mass is 346 g/mol. The Morgan fingerprint density at radius 2 is 2.14 bits per heavy atom. The van der Waals surface area contributed by atoms with Gasteiger partial charge in [-0.1, -0.05) is 12.1 Å². The number of methoxy groups -OCH3 is 1. The van der Waals surface area contributed by atoms with Crippen LogP contribution < -0.4 is 5.56 Å². The van der Waals surface area contributed by atoms with Crippen LogP contribution in [-0.4, -0.2) is 17.6 Å². The molecular weight excluding hydrogens is 336 g/mol. The maximum absolute atomic E-state index is 11.8. The number of carbonyl (C=O) groups is 1. The molecule has 0 aliphatic heterocycles. The van der Waals surface area contributed by atoms with E-state index in [1.54, 1.807) is 24.4 Å². The van der Waals surface area contributed by atoms with Gasteiger partial charge in [0.2, 0.25) is 0 Å². The lowest BCUT2D eigenvalue weighted by Crippen LogP contribution is -2.20. The second-order valence-corrected chi connectivity index (χ2v) is 5.17. The second kappa shape index (κ2) is 6.37. The maximum Gasteiger partial charge on any atom is 0.339 e. The van der Waals surface area contributed by atoms with E-state index in [1.165, 1.54) is 23.8 Å². The fraction of sp³-hybridized carbons (Fsp3) is 0.133. The summed E-state index contributed by atoms with van der Waals surface area (Å²) in [5.74, 6) is -0.574. The predicted octanol–water partition coefficient (Wildman–Crippen LogP) is 2.32. The molecule has 2 aromatic rings. The lowest BCUT2D eigenvalue weighted by Gasteiger charge is -2.10. The third kappa shape index (κ3) is 3.20. The molecule has 0 atom stereocenters. The van der Waals surface area contributed by atoms with Crippen LogP contribution in [0, 0.1) is 11.3 Å². The van der Waals surface area contributed by atoms with Gasteiger partial charge in [-0.05, 0) is 33.6 Å². The van der Waals surface area contributed by atoms with Crippen LogP contribution in [0.3, 0.4) is 0 Å². The van der Waals surface area contributed by atoms with Crippen molar-refractivity contribution in [1.29, 1.82) is 5.26 Å². The molecule has 0 saturated heterocycles. The van der Waals surface area contributed by atoms with Gasteiger partial charge in [-0.3, -0.25) is 4.79 Å². The number of hydrogen-bond acceptors (Lipinski definition) is 4. The number of aromatic nitrogens is 1. The maximum atomic E-state index is 11.8. The summed E-state index contributed by atoms with van der Waals surface area (Å²) in [4.78, 5) is 23.5. The van der Waals surface area contributed by atoms with Crippen molar-refractivity contribution in [3.05, 3.63) is 68.0 Å². The molecule has 0 saturated carbocycles. The molecule has 0 radical (unpaired) electrons. The van der Waals surface area contributed by atoms with E-state index in [4.69, 9.17) is 0 Å². The number of nitriles is 1. The van der Waals surface area contributed by atoms with Crippen LogP contribution in [0.25, 0.3) is 0 Å². The Kier molecular flexibility index (Phi) is 4.55. The van der Waals surface area contributed by atoms with Gasteiger partial charge in [0.15, 0.2) is 0 Å². The Bertz CT molecular complexity index is 790. The van der Waals surface area contributed by atoms with Gasteiger partial charge in [-0.15, -0.1) is 0 Å². The molecule has 1 aromatic carbocycles. The van der Waals surface area contributed by atoms with E-state index in [2.05, 4.69) is 20.7 Å². The molecule has 0 spiro atoms. The molecular formula is C15H11BrN2O3. The molecule has 0 aliphatic carbocycles. The Hall–Kier alpha value is -2.39. The van der Waals surface area contributed by atoms with E-state index in [0.29, 0.717) is 5.56 Å². The molecule has 5 nitrogen and oxygen atoms in total. The molecule has 106 valence electrons. The number of nitrogens with zero attached hydrogens (tertiary/aromatic N) is 2. The first-order valence-corrected chi connectivity index (χ1v) is 6.82. The first-order chi connectivity index (χ1) is 10.1. The van der Waals surface area contributed by atoms with Crippen LogP contribution in [0.1, 0.15) is 21.5 Å². The first-order valence-electron chi connectivity index (χ1n) is 6.03. The molecule has 2 rings (SSSR count). The zero-order chi connectivity index (χ0) is 15.4. The first kappa shape index (κ1) is 15.0. The summed E-state index contributed by atoms with van der Waals surface area (Å²) >= 11 is 3.30. The van der Waals surface area contributed by atoms with Crippen LogP contribution >= 0.6 is 15.9 Å². The Labute approximate surface area is 129 Å². The normalized spacial score (nSPS) is 9.95. The van der Waals surface area contributed by atoms with Crippen LogP contribution in [-0.2, 0) is 11.3 Å². The summed E-state index contributed by atoms with van der Waals surface area (Å²) in [5, 5.41) is 9.29. The molecule has 0 aliphatic rings. The summed E-state index contributed by atoms with van der Waals surface area (Å²) in [6, 6.07) is 9.97. The van der Waals surface area contributed by atoms with Crippen molar-refractivity contribution >= 4 is 21.9 Å². The number of hydrogen-bond donors (Lipinski definition) is 0.